The van der Waals surface area contributed by atoms with E-state index in [0.717, 1.165) is 22.4 Å². The van der Waals surface area contributed by atoms with Gasteiger partial charge >= 0.3 is 0 Å². The van der Waals surface area contributed by atoms with Gasteiger partial charge < -0.3 is 10.2 Å². The maximum atomic E-state index is 12.4. The van der Waals surface area contributed by atoms with E-state index in [1.165, 1.54) is 6.20 Å². The van der Waals surface area contributed by atoms with Gasteiger partial charge in [0.1, 0.15) is 5.69 Å². The molecule has 8 heteroatoms. The molecule has 2 amide bonds. The van der Waals surface area contributed by atoms with Crippen molar-refractivity contribution >= 4 is 40.7 Å². The average molecular weight is 441 g/mol. The first-order chi connectivity index (χ1) is 14.5. The monoisotopic (exact) mass is 440 g/mol. The normalized spacial score (nSPS) is 13.2. The number of benzene rings is 1. The molecule has 0 bridgehead atoms. The first kappa shape index (κ1) is 20.3. The summed E-state index contributed by atoms with van der Waals surface area (Å²) in [4.78, 5) is 34.3. The zero-order valence-electron chi connectivity index (χ0n) is 16.2. The van der Waals surface area contributed by atoms with Crippen molar-refractivity contribution in [2.75, 3.05) is 11.9 Å². The Labute approximate surface area is 183 Å². The van der Waals surface area contributed by atoms with Crippen LogP contribution in [-0.2, 0) is 17.8 Å². The number of halogens is 2. The van der Waals surface area contributed by atoms with Crippen LogP contribution in [0.5, 0.6) is 0 Å². The van der Waals surface area contributed by atoms with Gasteiger partial charge in [-0.15, -0.1) is 0 Å². The lowest BCUT2D eigenvalue weighted by atomic mass is 9.96. The van der Waals surface area contributed by atoms with Crippen molar-refractivity contribution in [2.24, 2.45) is 0 Å². The molecule has 6 nitrogen and oxygen atoms in total. The number of carbonyl (C=O) groups excluding carboxylic acids is 2. The van der Waals surface area contributed by atoms with Crippen LogP contribution in [-0.4, -0.2) is 28.8 Å². The second-order valence-electron chi connectivity index (χ2n) is 6.97. The lowest BCUT2D eigenvalue weighted by Gasteiger charge is -2.26. The summed E-state index contributed by atoms with van der Waals surface area (Å²) in [7, 11) is 1.78. The maximum Gasteiger partial charge on any atom is 0.271 e. The van der Waals surface area contributed by atoms with Crippen LogP contribution in [0.3, 0.4) is 0 Å². The van der Waals surface area contributed by atoms with Gasteiger partial charge in [-0.3, -0.25) is 14.6 Å². The number of nitrogens with one attached hydrogen (secondary N) is 1. The number of hydrogen-bond acceptors (Lipinski definition) is 4. The van der Waals surface area contributed by atoms with E-state index < -0.39 is 0 Å². The van der Waals surface area contributed by atoms with E-state index in [2.05, 4.69) is 15.3 Å². The Morgan fingerprint density at radius 1 is 1.20 bits per heavy atom. The number of nitrogens with zero attached hydrogens (tertiary/aromatic N) is 3. The molecule has 1 aliphatic rings. The minimum atomic E-state index is -0.386. The number of aromatic nitrogens is 2. The van der Waals surface area contributed by atoms with Crippen molar-refractivity contribution in [1.29, 1.82) is 0 Å². The zero-order valence-corrected chi connectivity index (χ0v) is 17.7. The van der Waals surface area contributed by atoms with Crippen LogP contribution in [0.1, 0.15) is 28.0 Å². The lowest BCUT2D eigenvalue weighted by molar-refractivity contribution is -0.118. The zero-order chi connectivity index (χ0) is 21.3. The van der Waals surface area contributed by atoms with Crippen LogP contribution in [0.2, 0.25) is 10.0 Å². The molecular weight excluding hydrogens is 423 g/mol. The largest absolute Gasteiger partial charge is 0.346 e. The second-order valence-corrected chi connectivity index (χ2v) is 7.76. The van der Waals surface area contributed by atoms with E-state index in [1.807, 2.05) is 18.2 Å². The van der Waals surface area contributed by atoms with Crippen LogP contribution in [0.25, 0.3) is 11.1 Å². The Kier molecular flexibility index (Phi) is 5.70. The summed E-state index contributed by atoms with van der Waals surface area (Å²) in [5.74, 6) is -0.274. The van der Waals surface area contributed by atoms with E-state index in [4.69, 9.17) is 23.2 Å². The van der Waals surface area contributed by atoms with Gasteiger partial charge in [0.05, 0.1) is 10.0 Å². The number of pyridine rings is 2. The highest BCUT2D eigenvalue weighted by Crippen LogP contribution is 2.35. The summed E-state index contributed by atoms with van der Waals surface area (Å²) in [6.07, 6.45) is 6.01. The van der Waals surface area contributed by atoms with Gasteiger partial charge in [0.15, 0.2) is 0 Å². The van der Waals surface area contributed by atoms with Crippen molar-refractivity contribution in [2.45, 2.75) is 19.4 Å². The number of anilines is 1. The molecule has 1 aliphatic heterocycles. The third kappa shape index (κ3) is 3.88. The van der Waals surface area contributed by atoms with Gasteiger partial charge in [-0.25, -0.2) is 4.98 Å². The Hall–Kier alpha value is -2.96. The molecule has 0 atom stereocenters. The fourth-order valence-corrected chi connectivity index (χ4v) is 3.93. The Morgan fingerprint density at radius 2 is 2.03 bits per heavy atom. The van der Waals surface area contributed by atoms with Gasteiger partial charge in [-0.05, 0) is 41.8 Å². The number of hydrogen-bond donors (Lipinski definition) is 1. The van der Waals surface area contributed by atoms with Gasteiger partial charge in [0.2, 0.25) is 5.91 Å². The molecule has 152 valence electrons. The smallest absolute Gasteiger partial charge is 0.271 e. The SMILES string of the molecule is CN1C(=O)CCc2cc(-c3cncc(CNC(=O)c4ncccc4Cl)c3Cl)ccc21. The van der Waals surface area contributed by atoms with Crippen LogP contribution in [0, 0.1) is 0 Å². The van der Waals surface area contributed by atoms with Gasteiger partial charge in [-0.1, -0.05) is 29.3 Å². The second kappa shape index (κ2) is 8.42. The molecule has 0 radical (unpaired) electrons. The van der Waals surface area contributed by atoms with Crippen molar-refractivity contribution in [1.82, 2.24) is 15.3 Å². The van der Waals surface area contributed by atoms with Gasteiger partial charge in [0.25, 0.3) is 5.91 Å². The molecule has 3 aromatic rings. The topological polar surface area (TPSA) is 75.2 Å². The highest BCUT2D eigenvalue weighted by molar-refractivity contribution is 6.34. The van der Waals surface area contributed by atoms with Crippen molar-refractivity contribution < 1.29 is 9.59 Å². The molecule has 0 saturated carbocycles. The third-order valence-electron chi connectivity index (χ3n) is 5.10. The summed E-state index contributed by atoms with van der Waals surface area (Å²) >= 11 is 12.7. The summed E-state index contributed by atoms with van der Waals surface area (Å²) < 4.78 is 0. The van der Waals surface area contributed by atoms with Crippen LogP contribution >= 0.6 is 23.2 Å². The molecule has 1 aromatic carbocycles. The van der Waals surface area contributed by atoms with E-state index in [0.29, 0.717) is 23.4 Å². The molecule has 0 aliphatic carbocycles. The number of rotatable bonds is 4. The summed E-state index contributed by atoms with van der Waals surface area (Å²) in [5.41, 5.74) is 4.52. The van der Waals surface area contributed by atoms with Crippen LogP contribution < -0.4 is 10.2 Å². The lowest BCUT2D eigenvalue weighted by Crippen LogP contribution is -2.30. The standard InChI is InChI=1S/C22H18Cl2N4O2/c1-28-18-6-4-13(9-14(18)5-7-19(28)29)16-12-25-10-15(20(16)24)11-27-22(30)21-17(23)3-2-8-26-21/h2-4,6,8-10,12H,5,7,11H2,1H3,(H,27,30). The minimum Gasteiger partial charge on any atom is -0.346 e. The Morgan fingerprint density at radius 3 is 2.83 bits per heavy atom. The maximum absolute atomic E-state index is 12.4. The number of amides is 2. The fraction of sp³-hybridized carbons (Fsp3) is 0.182. The molecule has 1 N–H and O–H groups in total. The van der Waals surface area contributed by atoms with Crippen LogP contribution in [0.15, 0.2) is 48.9 Å². The first-order valence-corrected chi connectivity index (χ1v) is 10.1. The van der Waals surface area contributed by atoms with Crippen molar-refractivity contribution in [3.63, 3.8) is 0 Å². The molecule has 4 rings (SSSR count). The number of fused-ring (bicyclic) bond motifs is 1. The molecule has 2 aromatic heterocycles. The fourth-order valence-electron chi connectivity index (χ4n) is 3.45. The van der Waals surface area contributed by atoms with Crippen LogP contribution in [0.4, 0.5) is 5.69 Å². The predicted molar refractivity (Wildman–Crippen MR) is 117 cm³/mol. The minimum absolute atomic E-state index is 0.112. The molecule has 0 spiro atoms. The number of carbonyl (C=O) groups is 2. The molecule has 30 heavy (non-hydrogen) atoms. The van der Waals surface area contributed by atoms with E-state index >= 15 is 0 Å². The van der Waals surface area contributed by atoms with E-state index in [1.54, 1.807) is 36.5 Å². The third-order valence-corrected chi connectivity index (χ3v) is 5.85. The predicted octanol–water partition coefficient (Wildman–Crippen LogP) is 4.29. The average Bonchev–Trinajstić information content (AvgIpc) is 2.75. The summed E-state index contributed by atoms with van der Waals surface area (Å²) in [6.45, 7) is 0.188. The summed E-state index contributed by atoms with van der Waals surface area (Å²) in [6, 6.07) is 9.16. The molecular formula is C22H18Cl2N4O2. The molecule has 0 unspecified atom stereocenters. The first-order valence-electron chi connectivity index (χ1n) is 9.36. The highest BCUT2D eigenvalue weighted by atomic mass is 35.5. The number of aryl methyl sites for hydroxylation is 1. The van der Waals surface area contributed by atoms with E-state index in [-0.39, 0.29) is 29.1 Å². The molecule has 0 saturated heterocycles. The van der Waals surface area contributed by atoms with Crippen molar-refractivity contribution in [3.05, 3.63) is 75.8 Å². The Balaban J connectivity index is 1.57. The van der Waals surface area contributed by atoms with Gasteiger partial charge in [0, 0.05) is 55.4 Å². The summed E-state index contributed by atoms with van der Waals surface area (Å²) in [5, 5.41) is 3.58. The molecule has 0 fully saturated rings. The van der Waals surface area contributed by atoms with Crippen molar-refractivity contribution in [3.8, 4) is 11.1 Å². The quantitative estimate of drug-likeness (QED) is 0.656. The highest BCUT2D eigenvalue weighted by Gasteiger charge is 2.21. The van der Waals surface area contributed by atoms with E-state index in [9.17, 15) is 9.59 Å². The Bertz CT molecular complexity index is 1150. The molecule has 3 heterocycles. The van der Waals surface area contributed by atoms with Gasteiger partial charge in [-0.2, -0.15) is 0 Å².